The Morgan fingerprint density at radius 3 is 2.00 bits per heavy atom. The van der Waals surface area contributed by atoms with Crippen molar-refractivity contribution in [3.05, 3.63) is 0 Å². The summed E-state index contributed by atoms with van der Waals surface area (Å²) < 4.78 is 0. The first-order valence-corrected chi connectivity index (χ1v) is 6.45. The molecule has 2 unspecified atom stereocenters. The van der Waals surface area contributed by atoms with E-state index < -0.39 is 0 Å². The molecule has 14 heavy (non-hydrogen) atoms. The largest absolute Gasteiger partial charge is 0.311 e. The molecule has 0 aliphatic heterocycles. The van der Waals surface area contributed by atoms with Crippen molar-refractivity contribution in [2.75, 3.05) is 0 Å². The molecule has 2 atom stereocenters. The summed E-state index contributed by atoms with van der Waals surface area (Å²) in [4.78, 5) is 0. The van der Waals surface area contributed by atoms with Crippen LogP contribution in [-0.2, 0) is 0 Å². The second-order valence-electron chi connectivity index (χ2n) is 5.09. The lowest BCUT2D eigenvalue weighted by atomic mass is 9.78. The summed E-state index contributed by atoms with van der Waals surface area (Å²) in [5.41, 5.74) is 0. The minimum atomic E-state index is 0.739. The average molecular weight is 197 g/mol. The molecule has 1 nitrogen and oxygen atoms in total. The standard InChI is InChI=1S/C13H27N/c1-5-12(6-2)14-13-10(3)8-7-9-11(13)4/h10-14H,5-9H2,1-4H3. The summed E-state index contributed by atoms with van der Waals surface area (Å²) in [6.45, 7) is 9.41. The normalized spacial score (nSPS) is 33.6. The van der Waals surface area contributed by atoms with Gasteiger partial charge >= 0.3 is 0 Å². The van der Waals surface area contributed by atoms with Gasteiger partial charge in [-0.05, 0) is 37.5 Å². The maximum atomic E-state index is 3.85. The van der Waals surface area contributed by atoms with Crippen molar-refractivity contribution < 1.29 is 0 Å². The molecular weight excluding hydrogens is 170 g/mol. The molecule has 0 spiro atoms. The predicted octanol–water partition coefficient (Wildman–Crippen LogP) is 3.59. The van der Waals surface area contributed by atoms with Crippen molar-refractivity contribution in [2.45, 2.75) is 71.9 Å². The Hall–Kier alpha value is -0.0400. The van der Waals surface area contributed by atoms with Crippen LogP contribution in [0.15, 0.2) is 0 Å². The molecular formula is C13H27N. The van der Waals surface area contributed by atoms with E-state index >= 15 is 0 Å². The lowest BCUT2D eigenvalue weighted by molar-refractivity contribution is 0.189. The van der Waals surface area contributed by atoms with Crippen LogP contribution in [0.4, 0.5) is 0 Å². The van der Waals surface area contributed by atoms with Crippen LogP contribution in [0.3, 0.4) is 0 Å². The van der Waals surface area contributed by atoms with Gasteiger partial charge in [0.05, 0.1) is 0 Å². The Balaban J connectivity index is 2.46. The number of rotatable bonds is 4. The van der Waals surface area contributed by atoms with Crippen molar-refractivity contribution in [1.82, 2.24) is 5.32 Å². The zero-order valence-corrected chi connectivity index (χ0v) is 10.3. The molecule has 1 aliphatic rings. The van der Waals surface area contributed by atoms with Crippen LogP contribution in [0, 0.1) is 11.8 Å². The monoisotopic (exact) mass is 197 g/mol. The molecule has 0 aromatic carbocycles. The highest BCUT2D eigenvalue weighted by molar-refractivity contribution is 4.85. The number of nitrogens with one attached hydrogen (secondary N) is 1. The molecule has 0 aromatic rings. The summed E-state index contributed by atoms with van der Waals surface area (Å²) in [5.74, 6) is 1.75. The van der Waals surface area contributed by atoms with Gasteiger partial charge in [0.2, 0.25) is 0 Å². The SMILES string of the molecule is CCC(CC)NC1C(C)CCCC1C. The molecule has 1 N–H and O–H groups in total. The molecule has 1 saturated carbocycles. The third-order valence-corrected chi connectivity index (χ3v) is 3.96. The predicted molar refractivity (Wildman–Crippen MR) is 63.5 cm³/mol. The van der Waals surface area contributed by atoms with E-state index in [4.69, 9.17) is 0 Å². The summed E-state index contributed by atoms with van der Waals surface area (Å²) >= 11 is 0. The van der Waals surface area contributed by atoms with Crippen LogP contribution in [0.1, 0.15) is 59.8 Å². The van der Waals surface area contributed by atoms with Crippen molar-refractivity contribution in [3.63, 3.8) is 0 Å². The molecule has 84 valence electrons. The van der Waals surface area contributed by atoms with E-state index in [1.807, 2.05) is 0 Å². The Bertz CT molecular complexity index is 141. The quantitative estimate of drug-likeness (QED) is 0.726. The van der Waals surface area contributed by atoms with E-state index in [-0.39, 0.29) is 0 Å². The second-order valence-corrected chi connectivity index (χ2v) is 5.09. The first-order chi connectivity index (χ1) is 6.69. The lowest BCUT2D eigenvalue weighted by Crippen LogP contribution is -2.47. The third kappa shape index (κ3) is 2.98. The van der Waals surface area contributed by atoms with E-state index in [1.54, 1.807) is 0 Å². The van der Waals surface area contributed by atoms with Gasteiger partial charge in [-0.15, -0.1) is 0 Å². The van der Waals surface area contributed by atoms with Crippen molar-refractivity contribution in [2.24, 2.45) is 11.8 Å². The van der Waals surface area contributed by atoms with Crippen LogP contribution in [0.2, 0.25) is 0 Å². The van der Waals surface area contributed by atoms with E-state index in [0.29, 0.717) is 0 Å². The number of hydrogen-bond acceptors (Lipinski definition) is 1. The summed E-state index contributed by atoms with van der Waals surface area (Å²) in [6, 6.07) is 1.51. The van der Waals surface area contributed by atoms with Crippen LogP contribution < -0.4 is 5.32 Å². The van der Waals surface area contributed by atoms with Crippen molar-refractivity contribution in [1.29, 1.82) is 0 Å². The summed E-state index contributed by atoms with van der Waals surface area (Å²) in [5, 5.41) is 3.85. The van der Waals surface area contributed by atoms with Crippen molar-refractivity contribution in [3.8, 4) is 0 Å². The molecule has 0 saturated heterocycles. The Morgan fingerprint density at radius 1 is 1.07 bits per heavy atom. The first kappa shape index (κ1) is 12.0. The smallest absolute Gasteiger partial charge is 0.0121 e. The fourth-order valence-corrected chi connectivity index (χ4v) is 2.81. The van der Waals surface area contributed by atoms with E-state index in [9.17, 15) is 0 Å². The molecule has 0 amide bonds. The maximum absolute atomic E-state index is 3.85. The van der Waals surface area contributed by atoms with Gasteiger partial charge in [0.1, 0.15) is 0 Å². The highest BCUT2D eigenvalue weighted by Gasteiger charge is 2.28. The van der Waals surface area contributed by atoms with Gasteiger partial charge in [-0.1, -0.05) is 34.1 Å². The third-order valence-electron chi connectivity index (χ3n) is 3.96. The topological polar surface area (TPSA) is 12.0 Å². The Labute approximate surface area is 89.7 Å². The van der Waals surface area contributed by atoms with Crippen LogP contribution in [0.5, 0.6) is 0 Å². The maximum Gasteiger partial charge on any atom is 0.0121 e. The molecule has 0 radical (unpaired) electrons. The number of hydrogen-bond donors (Lipinski definition) is 1. The van der Waals surface area contributed by atoms with Gasteiger partial charge in [-0.25, -0.2) is 0 Å². The van der Waals surface area contributed by atoms with Crippen LogP contribution in [0.25, 0.3) is 0 Å². The Morgan fingerprint density at radius 2 is 1.57 bits per heavy atom. The first-order valence-electron chi connectivity index (χ1n) is 6.45. The molecule has 1 fully saturated rings. The van der Waals surface area contributed by atoms with Gasteiger partial charge in [0.15, 0.2) is 0 Å². The highest BCUT2D eigenvalue weighted by atomic mass is 15.0. The zero-order chi connectivity index (χ0) is 10.6. The van der Waals surface area contributed by atoms with Gasteiger partial charge < -0.3 is 5.32 Å². The second kappa shape index (κ2) is 5.75. The molecule has 1 rings (SSSR count). The fraction of sp³-hybridized carbons (Fsp3) is 1.00. The molecule has 1 heteroatoms. The summed E-state index contributed by atoms with van der Waals surface area (Å²) in [6.07, 6.45) is 6.81. The fourth-order valence-electron chi connectivity index (χ4n) is 2.81. The van der Waals surface area contributed by atoms with E-state index in [1.165, 1.54) is 32.1 Å². The lowest BCUT2D eigenvalue weighted by Gasteiger charge is -2.37. The summed E-state index contributed by atoms with van der Waals surface area (Å²) in [7, 11) is 0. The molecule has 1 aliphatic carbocycles. The zero-order valence-electron chi connectivity index (χ0n) is 10.3. The minimum absolute atomic E-state index is 0.739. The van der Waals surface area contributed by atoms with Crippen LogP contribution in [-0.4, -0.2) is 12.1 Å². The van der Waals surface area contributed by atoms with Gasteiger partial charge in [-0.3, -0.25) is 0 Å². The van der Waals surface area contributed by atoms with Gasteiger partial charge in [-0.2, -0.15) is 0 Å². The highest BCUT2D eigenvalue weighted by Crippen LogP contribution is 2.29. The average Bonchev–Trinajstić information content (AvgIpc) is 2.18. The van der Waals surface area contributed by atoms with E-state index in [2.05, 4.69) is 33.0 Å². The van der Waals surface area contributed by atoms with Gasteiger partial charge in [0.25, 0.3) is 0 Å². The Kier molecular flexibility index (Phi) is 4.94. The molecule has 0 bridgehead atoms. The molecule has 0 heterocycles. The van der Waals surface area contributed by atoms with E-state index in [0.717, 1.165) is 23.9 Å². The molecule has 0 aromatic heterocycles. The van der Waals surface area contributed by atoms with Gasteiger partial charge in [0, 0.05) is 12.1 Å². The minimum Gasteiger partial charge on any atom is -0.311 e. The van der Waals surface area contributed by atoms with Crippen LogP contribution >= 0.6 is 0 Å². The van der Waals surface area contributed by atoms with Crippen molar-refractivity contribution >= 4 is 0 Å².